The number of carbonyl (C=O) groups excluding carboxylic acids is 1. The molecule has 1 N–H and O–H groups in total. The zero-order valence-electron chi connectivity index (χ0n) is 10.2. The van der Waals surface area contributed by atoms with Gasteiger partial charge in [0.25, 0.3) is 0 Å². The summed E-state index contributed by atoms with van der Waals surface area (Å²) in [5.41, 5.74) is 0.559. The summed E-state index contributed by atoms with van der Waals surface area (Å²) in [4.78, 5) is 18.1. The minimum atomic E-state index is 0.0963. The number of hydrogen-bond acceptors (Lipinski definition) is 4. The number of hydrogen-bond donors (Lipinski definition) is 1. The maximum absolute atomic E-state index is 11.9. The van der Waals surface area contributed by atoms with Crippen molar-refractivity contribution in [2.24, 2.45) is 5.92 Å². The summed E-state index contributed by atoms with van der Waals surface area (Å²) < 4.78 is 0. The predicted molar refractivity (Wildman–Crippen MR) is 67.0 cm³/mol. The molecule has 4 nitrogen and oxygen atoms in total. The Bertz CT molecular complexity index is 360. The lowest BCUT2D eigenvalue weighted by atomic mass is 10.1. The molecule has 1 atom stereocenters. The lowest BCUT2D eigenvalue weighted by Gasteiger charge is -2.19. The van der Waals surface area contributed by atoms with E-state index in [1.807, 2.05) is 19.2 Å². The molecule has 1 aromatic rings. The second-order valence-electron chi connectivity index (χ2n) is 4.69. The predicted octanol–water partition coefficient (Wildman–Crippen LogP) is 0.806. The summed E-state index contributed by atoms with van der Waals surface area (Å²) in [5.74, 6) is 0.774. The van der Waals surface area contributed by atoms with Crippen LogP contribution in [0.4, 0.5) is 0 Å². The zero-order chi connectivity index (χ0) is 12.1. The second-order valence-corrected chi connectivity index (χ2v) is 4.69. The normalized spacial score (nSPS) is 19.8. The molecule has 1 aromatic heterocycles. The summed E-state index contributed by atoms with van der Waals surface area (Å²) in [6, 6.07) is 5.44. The molecule has 0 spiro atoms. The Morgan fingerprint density at radius 2 is 2.47 bits per heavy atom. The molecule has 2 heterocycles. The molecule has 0 aliphatic carbocycles. The summed E-state index contributed by atoms with van der Waals surface area (Å²) in [6.07, 6.45) is 2.87. The van der Waals surface area contributed by atoms with E-state index in [-0.39, 0.29) is 5.78 Å². The lowest BCUT2D eigenvalue weighted by molar-refractivity contribution is 0.0934. The van der Waals surface area contributed by atoms with Gasteiger partial charge >= 0.3 is 0 Å². The van der Waals surface area contributed by atoms with Gasteiger partial charge in [0.15, 0.2) is 5.78 Å². The molecule has 17 heavy (non-hydrogen) atoms. The van der Waals surface area contributed by atoms with Crippen LogP contribution in [0.5, 0.6) is 0 Å². The SMILES string of the molecule is CN(CC(=O)c1ccccn1)C[C@@H]1CCNC1. The van der Waals surface area contributed by atoms with Gasteiger partial charge in [0.1, 0.15) is 5.69 Å². The van der Waals surface area contributed by atoms with E-state index in [0.29, 0.717) is 18.2 Å². The molecule has 1 aliphatic rings. The fourth-order valence-corrected chi connectivity index (χ4v) is 2.23. The molecule has 2 rings (SSSR count). The number of nitrogens with one attached hydrogen (secondary N) is 1. The summed E-state index contributed by atoms with van der Waals surface area (Å²) in [6.45, 7) is 3.61. The van der Waals surface area contributed by atoms with Gasteiger partial charge in [-0.05, 0) is 44.6 Å². The van der Waals surface area contributed by atoms with E-state index in [2.05, 4.69) is 15.2 Å². The Kier molecular flexibility index (Phi) is 4.23. The third-order valence-electron chi connectivity index (χ3n) is 3.10. The van der Waals surface area contributed by atoms with Crippen molar-refractivity contribution >= 4 is 5.78 Å². The first-order valence-electron chi connectivity index (χ1n) is 6.09. The van der Waals surface area contributed by atoms with Crippen molar-refractivity contribution in [3.05, 3.63) is 30.1 Å². The van der Waals surface area contributed by atoms with Crippen molar-refractivity contribution in [3.63, 3.8) is 0 Å². The van der Waals surface area contributed by atoms with Crippen molar-refractivity contribution in [3.8, 4) is 0 Å². The Morgan fingerprint density at radius 1 is 1.59 bits per heavy atom. The quantitative estimate of drug-likeness (QED) is 0.764. The van der Waals surface area contributed by atoms with Crippen LogP contribution in [0.3, 0.4) is 0 Å². The number of pyridine rings is 1. The molecule has 1 fully saturated rings. The van der Waals surface area contributed by atoms with Gasteiger partial charge in [-0.3, -0.25) is 14.7 Å². The minimum absolute atomic E-state index is 0.0963. The number of rotatable bonds is 5. The molecule has 1 saturated heterocycles. The first-order chi connectivity index (χ1) is 8.25. The van der Waals surface area contributed by atoms with Crippen molar-refractivity contribution in [2.75, 3.05) is 33.2 Å². The molecule has 92 valence electrons. The minimum Gasteiger partial charge on any atom is -0.316 e. The highest BCUT2D eigenvalue weighted by atomic mass is 16.1. The molecule has 4 heteroatoms. The molecular formula is C13H19N3O. The average Bonchev–Trinajstić information content (AvgIpc) is 2.82. The molecular weight excluding hydrogens is 214 g/mol. The monoisotopic (exact) mass is 233 g/mol. The summed E-state index contributed by atoms with van der Waals surface area (Å²) in [5, 5.41) is 3.34. The van der Waals surface area contributed by atoms with Gasteiger partial charge in [-0.15, -0.1) is 0 Å². The van der Waals surface area contributed by atoms with Gasteiger partial charge in [-0.1, -0.05) is 6.07 Å². The average molecular weight is 233 g/mol. The van der Waals surface area contributed by atoms with Crippen LogP contribution >= 0.6 is 0 Å². The number of ketones is 1. The Labute approximate surface area is 102 Å². The maximum Gasteiger partial charge on any atom is 0.195 e. The van der Waals surface area contributed by atoms with E-state index in [1.165, 1.54) is 6.42 Å². The third kappa shape index (κ3) is 3.61. The van der Waals surface area contributed by atoms with Crippen LogP contribution in [0.25, 0.3) is 0 Å². The van der Waals surface area contributed by atoms with Crippen LogP contribution in [-0.2, 0) is 0 Å². The lowest BCUT2D eigenvalue weighted by Crippen LogP contribution is -2.32. The molecule has 0 saturated carbocycles. The van der Waals surface area contributed by atoms with Gasteiger partial charge in [-0.2, -0.15) is 0 Å². The van der Waals surface area contributed by atoms with Crippen molar-refractivity contribution < 1.29 is 4.79 Å². The van der Waals surface area contributed by atoms with Crippen LogP contribution in [0.15, 0.2) is 24.4 Å². The van der Waals surface area contributed by atoms with E-state index in [4.69, 9.17) is 0 Å². The van der Waals surface area contributed by atoms with Gasteiger partial charge in [0.2, 0.25) is 0 Å². The van der Waals surface area contributed by atoms with Crippen LogP contribution < -0.4 is 5.32 Å². The van der Waals surface area contributed by atoms with Crippen LogP contribution in [-0.4, -0.2) is 48.9 Å². The largest absolute Gasteiger partial charge is 0.316 e. The van der Waals surface area contributed by atoms with Gasteiger partial charge < -0.3 is 5.32 Å². The maximum atomic E-state index is 11.9. The number of likely N-dealkylation sites (N-methyl/N-ethyl adjacent to an activating group) is 1. The van der Waals surface area contributed by atoms with Crippen LogP contribution in [0, 0.1) is 5.92 Å². The summed E-state index contributed by atoms with van der Waals surface area (Å²) in [7, 11) is 2.00. The summed E-state index contributed by atoms with van der Waals surface area (Å²) >= 11 is 0. The fraction of sp³-hybridized carbons (Fsp3) is 0.538. The molecule has 0 radical (unpaired) electrons. The van der Waals surface area contributed by atoms with E-state index >= 15 is 0 Å². The smallest absolute Gasteiger partial charge is 0.195 e. The molecule has 0 bridgehead atoms. The first-order valence-corrected chi connectivity index (χ1v) is 6.09. The topological polar surface area (TPSA) is 45.2 Å². The van der Waals surface area contributed by atoms with E-state index in [1.54, 1.807) is 12.3 Å². The first kappa shape index (κ1) is 12.2. The molecule has 0 aromatic carbocycles. The van der Waals surface area contributed by atoms with Crippen LogP contribution in [0.1, 0.15) is 16.9 Å². The van der Waals surface area contributed by atoms with Crippen molar-refractivity contribution in [1.82, 2.24) is 15.2 Å². The number of aromatic nitrogens is 1. The molecule has 0 amide bonds. The zero-order valence-corrected chi connectivity index (χ0v) is 10.2. The Morgan fingerprint density at radius 3 is 3.12 bits per heavy atom. The third-order valence-corrected chi connectivity index (χ3v) is 3.10. The highest BCUT2D eigenvalue weighted by Crippen LogP contribution is 2.09. The standard InChI is InChI=1S/C13H19N3O/c1-16(9-11-5-7-14-8-11)10-13(17)12-4-2-3-6-15-12/h2-4,6,11,14H,5,7-10H2,1H3/t11-/m1/s1. The van der Waals surface area contributed by atoms with Gasteiger partial charge in [0, 0.05) is 12.7 Å². The van der Waals surface area contributed by atoms with E-state index < -0.39 is 0 Å². The van der Waals surface area contributed by atoms with Crippen LogP contribution in [0.2, 0.25) is 0 Å². The molecule has 1 aliphatic heterocycles. The number of Topliss-reactive ketones (excluding diaryl/α,β-unsaturated/α-hetero) is 1. The number of carbonyl (C=O) groups is 1. The Hall–Kier alpha value is -1.26. The van der Waals surface area contributed by atoms with Gasteiger partial charge in [-0.25, -0.2) is 0 Å². The highest BCUT2D eigenvalue weighted by molar-refractivity contribution is 5.95. The van der Waals surface area contributed by atoms with Gasteiger partial charge in [0.05, 0.1) is 6.54 Å². The molecule has 0 unspecified atom stereocenters. The fourth-order valence-electron chi connectivity index (χ4n) is 2.23. The second kappa shape index (κ2) is 5.89. The highest BCUT2D eigenvalue weighted by Gasteiger charge is 2.18. The van der Waals surface area contributed by atoms with Crippen molar-refractivity contribution in [2.45, 2.75) is 6.42 Å². The van der Waals surface area contributed by atoms with E-state index in [0.717, 1.165) is 19.6 Å². The van der Waals surface area contributed by atoms with Crippen molar-refractivity contribution in [1.29, 1.82) is 0 Å². The van der Waals surface area contributed by atoms with E-state index in [9.17, 15) is 4.79 Å². The number of nitrogens with zero attached hydrogens (tertiary/aromatic N) is 2. The Balaban J connectivity index is 1.81.